The number of nitrogens with zero attached hydrogens (tertiary/aromatic N) is 4. The first kappa shape index (κ1) is 25.9. The van der Waals surface area contributed by atoms with Gasteiger partial charge in [0, 0.05) is 54.2 Å². The van der Waals surface area contributed by atoms with Crippen LogP contribution in [0.25, 0.3) is 5.70 Å². The minimum absolute atomic E-state index is 0.367. The molecule has 2 saturated heterocycles. The molecule has 2 aliphatic heterocycles. The number of aliphatic imine (C=N–C) groups is 2. The Hall–Kier alpha value is -2.74. The number of anilines is 1. The van der Waals surface area contributed by atoms with Crippen molar-refractivity contribution in [2.75, 3.05) is 44.0 Å². The molecular weight excluding hydrogens is 483 g/mol. The lowest BCUT2D eigenvalue weighted by molar-refractivity contribution is 0.104. The smallest absolute Gasteiger partial charge is 0.140 e. The fraction of sp³-hybridized carbons (Fsp3) is 0.517. The van der Waals surface area contributed by atoms with Gasteiger partial charge in [-0.3, -0.25) is 0 Å². The second-order valence-electron chi connectivity index (χ2n) is 11.0. The van der Waals surface area contributed by atoms with Crippen LogP contribution in [0, 0.1) is 5.41 Å². The molecule has 0 amide bonds. The molecule has 6 nitrogen and oxygen atoms in total. The Morgan fingerprint density at radius 1 is 1.08 bits per heavy atom. The second kappa shape index (κ2) is 10.6. The normalized spacial score (nSPS) is 20.7. The van der Waals surface area contributed by atoms with Crippen molar-refractivity contribution in [3.63, 3.8) is 0 Å². The number of piperidine rings is 2. The van der Waals surface area contributed by atoms with Gasteiger partial charge < -0.3 is 20.1 Å². The topological polar surface area (TPSA) is 59.0 Å². The van der Waals surface area contributed by atoms with Crippen LogP contribution in [0.2, 0.25) is 0 Å². The lowest BCUT2D eigenvalue weighted by atomic mass is 9.93. The Labute approximate surface area is 224 Å². The van der Waals surface area contributed by atoms with Gasteiger partial charge in [-0.1, -0.05) is 6.58 Å². The van der Waals surface area contributed by atoms with Crippen LogP contribution >= 0.6 is 11.8 Å². The van der Waals surface area contributed by atoms with Gasteiger partial charge in [-0.15, -0.1) is 11.8 Å². The lowest BCUT2D eigenvalue weighted by Crippen LogP contribution is -2.44. The summed E-state index contributed by atoms with van der Waals surface area (Å²) in [5.74, 6) is 1.49. The van der Waals surface area contributed by atoms with Crippen molar-refractivity contribution in [1.29, 1.82) is 0 Å². The molecule has 0 atom stereocenters. The largest absolute Gasteiger partial charge is 0.371 e. The molecule has 3 heterocycles. The fourth-order valence-electron chi connectivity index (χ4n) is 5.57. The number of alkyl halides is 1. The monoisotopic (exact) mass is 522 g/mol. The average molecular weight is 523 g/mol. The molecule has 3 aliphatic rings. The molecule has 2 N–H and O–H groups in total. The maximum atomic E-state index is 14.5. The highest BCUT2D eigenvalue weighted by Gasteiger charge is 2.44. The molecule has 1 aromatic heterocycles. The van der Waals surface area contributed by atoms with Crippen LogP contribution in [0.15, 0.2) is 51.9 Å². The number of aromatic nitrogens is 1. The number of hydrogen-bond donors (Lipinski definition) is 2. The zero-order valence-corrected chi connectivity index (χ0v) is 23.0. The number of halogens is 1. The molecule has 8 heteroatoms. The Bertz CT molecular complexity index is 1160. The van der Waals surface area contributed by atoms with E-state index in [1.54, 1.807) is 18.7 Å². The maximum absolute atomic E-state index is 14.5. The zero-order chi connectivity index (χ0) is 26.0. The van der Waals surface area contributed by atoms with Gasteiger partial charge >= 0.3 is 0 Å². The fourth-order valence-corrected chi connectivity index (χ4v) is 6.00. The van der Waals surface area contributed by atoms with Crippen LogP contribution in [-0.2, 0) is 0 Å². The standard InChI is InChI=1S/C29H39FN6S/c1-21(23-6-5-22(37-4)19-25(23)35-17-12-29(8-9-29)13-18-35)33-20-34-27(24-7-14-32-26(24)31-3)36-15-10-28(2,30)11-16-36/h5-7,14,19,32-33H,1,3,8-13,15-18,20H2,2,4H3/b34-27+. The number of thioether (sulfide) groups is 1. The van der Waals surface area contributed by atoms with Crippen molar-refractivity contribution in [1.82, 2.24) is 15.2 Å². The van der Waals surface area contributed by atoms with Gasteiger partial charge in [-0.2, -0.15) is 0 Å². The van der Waals surface area contributed by atoms with Crippen molar-refractivity contribution in [3.05, 3.63) is 48.2 Å². The molecule has 0 unspecified atom stereocenters. The number of likely N-dealkylation sites (tertiary alicyclic amines) is 1. The first-order valence-corrected chi connectivity index (χ1v) is 14.5. The van der Waals surface area contributed by atoms with E-state index in [0.717, 1.165) is 35.7 Å². The molecule has 1 saturated carbocycles. The summed E-state index contributed by atoms with van der Waals surface area (Å²) < 4.78 is 14.5. The van der Waals surface area contributed by atoms with E-state index in [9.17, 15) is 4.39 Å². The van der Waals surface area contributed by atoms with E-state index in [-0.39, 0.29) is 0 Å². The number of aromatic amines is 1. The van der Waals surface area contributed by atoms with E-state index in [1.807, 2.05) is 12.3 Å². The van der Waals surface area contributed by atoms with Crippen LogP contribution in [0.3, 0.4) is 0 Å². The van der Waals surface area contributed by atoms with Crippen LogP contribution < -0.4 is 10.2 Å². The number of hydrogen-bond acceptors (Lipinski definition) is 5. The third kappa shape index (κ3) is 5.74. The highest BCUT2D eigenvalue weighted by atomic mass is 32.2. The number of nitrogens with one attached hydrogen (secondary N) is 2. The van der Waals surface area contributed by atoms with Gasteiger partial charge in [0.05, 0.1) is 5.56 Å². The van der Waals surface area contributed by atoms with Crippen LogP contribution in [0.1, 0.15) is 56.6 Å². The summed E-state index contributed by atoms with van der Waals surface area (Å²) in [5.41, 5.74) is 3.65. The molecule has 0 radical (unpaired) electrons. The van der Waals surface area contributed by atoms with Crippen LogP contribution in [0.5, 0.6) is 0 Å². The van der Waals surface area contributed by atoms with Crippen molar-refractivity contribution in [3.8, 4) is 0 Å². The first-order chi connectivity index (χ1) is 17.8. The molecular formula is C29H39FN6S. The molecule has 2 aromatic rings. The number of H-pyrrole nitrogens is 1. The zero-order valence-electron chi connectivity index (χ0n) is 22.2. The molecule has 37 heavy (non-hydrogen) atoms. The van der Waals surface area contributed by atoms with Gasteiger partial charge in [0.15, 0.2) is 0 Å². The molecule has 5 rings (SSSR count). The summed E-state index contributed by atoms with van der Waals surface area (Å²) in [5, 5.41) is 3.46. The van der Waals surface area contributed by atoms with E-state index < -0.39 is 5.67 Å². The number of benzene rings is 1. The van der Waals surface area contributed by atoms with Gasteiger partial charge in [-0.05, 0) is 88.1 Å². The maximum Gasteiger partial charge on any atom is 0.140 e. The van der Waals surface area contributed by atoms with Crippen LogP contribution in [0.4, 0.5) is 15.9 Å². The molecule has 1 aliphatic carbocycles. The molecule has 3 fully saturated rings. The molecule has 1 spiro atoms. The quantitative estimate of drug-likeness (QED) is 0.245. The minimum atomic E-state index is -1.13. The highest BCUT2D eigenvalue weighted by molar-refractivity contribution is 7.98. The summed E-state index contributed by atoms with van der Waals surface area (Å²) in [6.45, 7) is 13.6. The molecule has 1 aromatic carbocycles. The summed E-state index contributed by atoms with van der Waals surface area (Å²) >= 11 is 1.77. The van der Waals surface area contributed by atoms with Gasteiger partial charge in [0.2, 0.25) is 0 Å². The minimum Gasteiger partial charge on any atom is -0.371 e. The average Bonchev–Trinajstić information content (AvgIpc) is 3.48. The Morgan fingerprint density at radius 3 is 2.46 bits per heavy atom. The lowest BCUT2D eigenvalue weighted by Gasteiger charge is -2.36. The third-order valence-corrected chi connectivity index (χ3v) is 9.13. The Balaban J connectivity index is 1.33. The summed E-state index contributed by atoms with van der Waals surface area (Å²) in [4.78, 5) is 18.1. The third-order valence-electron chi connectivity index (χ3n) is 8.40. The van der Waals surface area contributed by atoms with E-state index in [0.29, 0.717) is 43.8 Å². The number of amidine groups is 1. The highest BCUT2D eigenvalue weighted by Crippen LogP contribution is 2.54. The summed E-state index contributed by atoms with van der Waals surface area (Å²) in [6.07, 6.45) is 10.3. The van der Waals surface area contributed by atoms with Crippen LogP contribution in [-0.4, -0.2) is 67.2 Å². The Morgan fingerprint density at radius 2 is 1.81 bits per heavy atom. The van der Waals surface area contributed by atoms with Crippen molar-refractivity contribution in [2.45, 2.75) is 56.0 Å². The van der Waals surface area contributed by atoms with E-state index in [4.69, 9.17) is 4.99 Å². The van der Waals surface area contributed by atoms with E-state index in [1.165, 1.54) is 36.3 Å². The van der Waals surface area contributed by atoms with E-state index in [2.05, 4.69) is 62.8 Å². The number of rotatable bonds is 8. The molecule has 0 bridgehead atoms. The van der Waals surface area contributed by atoms with E-state index >= 15 is 0 Å². The van der Waals surface area contributed by atoms with Gasteiger partial charge in [0.1, 0.15) is 24.0 Å². The van der Waals surface area contributed by atoms with Gasteiger partial charge in [-0.25, -0.2) is 14.4 Å². The molecule has 198 valence electrons. The van der Waals surface area contributed by atoms with Crippen molar-refractivity contribution >= 4 is 41.5 Å². The SMILES string of the molecule is C=Nc1[nH]ccc1/C(=N\CNC(=C)c1ccc(SC)cc1N1CCC2(CC1)CC2)N1CCC(C)(F)CC1. The van der Waals surface area contributed by atoms with Crippen molar-refractivity contribution in [2.24, 2.45) is 15.4 Å². The predicted molar refractivity (Wildman–Crippen MR) is 155 cm³/mol. The Kier molecular flexibility index (Phi) is 7.39. The first-order valence-electron chi connectivity index (χ1n) is 13.3. The summed E-state index contributed by atoms with van der Waals surface area (Å²) in [7, 11) is 0. The van der Waals surface area contributed by atoms with Crippen molar-refractivity contribution < 1.29 is 4.39 Å². The predicted octanol–water partition coefficient (Wildman–Crippen LogP) is 6.24. The summed E-state index contributed by atoms with van der Waals surface area (Å²) in [6, 6.07) is 8.61. The van der Waals surface area contributed by atoms with Gasteiger partial charge in [0.25, 0.3) is 0 Å². The second-order valence-corrected chi connectivity index (χ2v) is 11.8.